The molecule has 0 spiro atoms. The van der Waals surface area contributed by atoms with Gasteiger partial charge in [-0.15, -0.1) is 0 Å². The zero-order valence-corrected chi connectivity index (χ0v) is 11.4. The smallest absolute Gasteiger partial charge is 0.134 e. The molecule has 0 amide bonds. The third kappa shape index (κ3) is 4.19. The number of nitrogens with one attached hydrogen (secondary N) is 2. The highest BCUT2D eigenvalue weighted by atomic mass is 15.2. The largest absolute Gasteiger partial charge is 0.369 e. The number of aromatic nitrogens is 2. The van der Waals surface area contributed by atoms with Gasteiger partial charge in [0.1, 0.15) is 18.0 Å². The second-order valence-electron chi connectivity index (χ2n) is 5.02. The Morgan fingerprint density at radius 3 is 2.53 bits per heavy atom. The topological polar surface area (TPSA) is 53.1 Å². The summed E-state index contributed by atoms with van der Waals surface area (Å²) in [7, 11) is 3.97. The molecule has 0 aromatic carbocycles. The van der Waals surface area contributed by atoms with E-state index >= 15 is 0 Å². The van der Waals surface area contributed by atoms with Crippen LogP contribution >= 0.6 is 0 Å². The highest BCUT2D eigenvalue weighted by molar-refractivity contribution is 5.49. The first-order chi connectivity index (χ1) is 7.95. The maximum absolute atomic E-state index is 4.29. The maximum Gasteiger partial charge on any atom is 0.134 e. The second kappa shape index (κ2) is 5.82. The molecule has 1 aromatic rings. The van der Waals surface area contributed by atoms with Crippen molar-refractivity contribution in [1.29, 1.82) is 0 Å². The first-order valence-electron chi connectivity index (χ1n) is 5.89. The predicted octanol–water partition coefficient (Wildman–Crippen LogP) is 1.34. The van der Waals surface area contributed by atoms with Crippen molar-refractivity contribution >= 4 is 11.6 Å². The van der Waals surface area contributed by atoms with Gasteiger partial charge in [0.15, 0.2) is 0 Å². The van der Waals surface area contributed by atoms with Crippen LogP contribution in [-0.2, 0) is 0 Å². The molecule has 1 rings (SSSR count). The van der Waals surface area contributed by atoms with E-state index in [9.17, 15) is 0 Å². The summed E-state index contributed by atoms with van der Waals surface area (Å²) in [6, 6.07) is 1.97. The van der Waals surface area contributed by atoms with E-state index in [1.165, 1.54) is 0 Å². The number of likely N-dealkylation sites (N-methyl/N-ethyl adjacent to an activating group) is 1. The van der Waals surface area contributed by atoms with Crippen molar-refractivity contribution in [1.82, 2.24) is 15.3 Å². The van der Waals surface area contributed by atoms with E-state index in [1.54, 1.807) is 6.33 Å². The minimum absolute atomic E-state index is 0.0522. The summed E-state index contributed by atoms with van der Waals surface area (Å²) in [5.41, 5.74) is 0.0522. The Hall–Kier alpha value is -1.36. The first kappa shape index (κ1) is 13.7. The van der Waals surface area contributed by atoms with Gasteiger partial charge in [-0.25, -0.2) is 9.97 Å². The van der Waals surface area contributed by atoms with Gasteiger partial charge in [-0.3, -0.25) is 0 Å². The Labute approximate surface area is 104 Å². The molecule has 2 N–H and O–H groups in total. The second-order valence-corrected chi connectivity index (χ2v) is 5.02. The standard InChI is InChI=1S/C12H23N5/c1-12(2,3)17(5)11-8-10(15-9-16-11)14-7-6-13-4/h8-9,13H,6-7H2,1-5H3,(H,14,15,16). The molecule has 1 heterocycles. The van der Waals surface area contributed by atoms with Crippen LogP contribution in [0, 0.1) is 0 Å². The van der Waals surface area contributed by atoms with Crippen LogP contribution in [-0.4, -0.2) is 42.7 Å². The number of rotatable bonds is 5. The van der Waals surface area contributed by atoms with Crippen molar-refractivity contribution in [3.63, 3.8) is 0 Å². The Balaban J connectivity index is 2.72. The molecule has 0 atom stereocenters. The molecular weight excluding hydrogens is 214 g/mol. The lowest BCUT2D eigenvalue weighted by atomic mass is 10.1. The zero-order chi connectivity index (χ0) is 12.9. The summed E-state index contributed by atoms with van der Waals surface area (Å²) in [6.07, 6.45) is 1.60. The molecule has 0 saturated carbocycles. The average molecular weight is 237 g/mol. The molecule has 96 valence electrons. The molecule has 0 aliphatic carbocycles. The van der Waals surface area contributed by atoms with Gasteiger partial charge >= 0.3 is 0 Å². The van der Waals surface area contributed by atoms with Crippen LogP contribution in [0.3, 0.4) is 0 Å². The summed E-state index contributed by atoms with van der Waals surface area (Å²) in [4.78, 5) is 10.6. The van der Waals surface area contributed by atoms with Crippen LogP contribution in [0.25, 0.3) is 0 Å². The van der Waals surface area contributed by atoms with E-state index in [-0.39, 0.29) is 5.54 Å². The van der Waals surface area contributed by atoms with Crippen LogP contribution in [0.2, 0.25) is 0 Å². The van der Waals surface area contributed by atoms with Gasteiger partial charge in [0.25, 0.3) is 0 Å². The van der Waals surface area contributed by atoms with Gasteiger partial charge in [0, 0.05) is 31.7 Å². The number of hydrogen-bond donors (Lipinski definition) is 2. The summed E-state index contributed by atoms with van der Waals surface area (Å²) >= 11 is 0. The van der Waals surface area contributed by atoms with E-state index in [0.717, 1.165) is 24.7 Å². The van der Waals surface area contributed by atoms with Crippen LogP contribution in [0.5, 0.6) is 0 Å². The summed E-state index contributed by atoms with van der Waals surface area (Å²) in [6.45, 7) is 8.23. The Morgan fingerprint density at radius 2 is 1.94 bits per heavy atom. The molecule has 0 fully saturated rings. The highest BCUT2D eigenvalue weighted by Crippen LogP contribution is 2.20. The molecule has 1 aromatic heterocycles. The third-order valence-corrected chi connectivity index (χ3v) is 2.68. The summed E-state index contributed by atoms with van der Waals surface area (Å²) < 4.78 is 0. The minimum Gasteiger partial charge on any atom is -0.369 e. The van der Waals surface area contributed by atoms with E-state index in [2.05, 4.69) is 46.3 Å². The van der Waals surface area contributed by atoms with E-state index < -0.39 is 0 Å². The Morgan fingerprint density at radius 1 is 1.24 bits per heavy atom. The Kier molecular flexibility index (Phi) is 4.69. The van der Waals surface area contributed by atoms with Crippen molar-refractivity contribution < 1.29 is 0 Å². The normalized spacial score (nSPS) is 11.4. The maximum atomic E-state index is 4.29. The lowest BCUT2D eigenvalue weighted by Crippen LogP contribution is -2.38. The molecule has 0 saturated heterocycles. The SMILES string of the molecule is CNCCNc1cc(N(C)C(C)(C)C)ncn1. The molecule has 17 heavy (non-hydrogen) atoms. The van der Waals surface area contributed by atoms with E-state index in [0.29, 0.717) is 0 Å². The fourth-order valence-corrected chi connectivity index (χ4v) is 1.29. The van der Waals surface area contributed by atoms with Gasteiger partial charge in [-0.2, -0.15) is 0 Å². The number of nitrogens with zero attached hydrogens (tertiary/aromatic N) is 3. The van der Waals surface area contributed by atoms with Crippen LogP contribution in [0.1, 0.15) is 20.8 Å². The lowest BCUT2D eigenvalue weighted by molar-refractivity contribution is 0.533. The van der Waals surface area contributed by atoms with Crippen molar-refractivity contribution in [2.45, 2.75) is 26.3 Å². The molecule has 0 radical (unpaired) electrons. The summed E-state index contributed by atoms with van der Waals surface area (Å²) in [5, 5.41) is 6.34. The Bertz CT molecular complexity index is 345. The highest BCUT2D eigenvalue weighted by Gasteiger charge is 2.18. The predicted molar refractivity (Wildman–Crippen MR) is 72.6 cm³/mol. The minimum atomic E-state index is 0.0522. The number of anilines is 2. The molecule has 5 heteroatoms. The van der Waals surface area contributed by atoms with Gasteiger partial charge in [-0.05, 0) is 27.8 Å². The quantitative estimate of drug-likeness (QED) is 0.757. The zero-order valence-electron chi connectivity index (χ0n) is 11.4. The summed E-state index contributed by atoms with van der Waals surface area (Å²) in [5.74, 6) is 1.79. The van der Waals surface area contributed by atoms with Gasteiger partial charge in [-0.1, -0.05) is 0 Å². The monoisotopic (exact) mass is 237 g/mol. The van der Waals surface area contributed by atoms with Gasteiger partial charge in [0.2, 0.25) is 0 Å². The van der Waals surface area contributed by atoms with Crippen molar-refractivity contribution in [2.75, 3.05) is 37.4 Å². The molecule has 0 aliphatic rings. The van der Waals surface area contributed by atoms with E-state index in [1.807, 2.05) is 20.2 Å². The molecule has 0 aliphatic heterocycles. The van der Waals surface area contributed by atoms with Gasteiger partial charge < -0.3 is 15.5 Å². The van der Waals surface area contributed by atoms with Crippen molar-refractivity contribution in [3.05, 3.63) is 12.4 Å². The van der Waals surface area contributed by atoms with Crippen LogP contribution < -0.4 is 15.5 Å². The van der Waals surface area contributed by atoms with Crippen molar-refractivity contribution in [3.8, 4) is 0 Å². The van der Waals surface area contributed by atoms with Crippen molar-refractivity contribution in [2.24, 2.45) is 0 Å². The molecule has 5 nitrogen and oxygen atoms in total. The number of hydrogen-bond acceptors (Lipinski definition) is 5. The fourth-order valence-electron chi connectivity index (χ4n) is 1.29. The fraction of sp³-hybridized carbons (Fsp3) is 0.667. The van der Waals surface area contributed by atoms with E-state index in [4.69, 9.17) is 0 Å². The molecular formula is C12H23N5. The lowest BCUT2D eigenvalue weighted by Gasteiger charge is -2.33. The van der Waals surface area contributed by atoms with Crippen LogP contribution in [0.4, 0.5) is 11.6 Å². The van der Waals surface area contributed by atoms with Gasteiger partial charge in [0.05, 0.1) is 0 Å². The molecule has 0 unspecified atom stereocenters. The van der Waals surface area contributed by atoms with Crippen LogP contribution in [0.15, 0.2) is 12.4 Å². The first-order valence-corrected chi connectivity index (χ1v) is 5.89. The molecule has 0 bridgehead atoms. The average Bonchev–Trinajstić information content (AvgIpc) is 2.28. The third-order valence-electron chi connectivity index (χ3n) is 2.68.